The van der Waals surface area contributed by atoms with Gasteiger partial charge in [0.05, 0.1) is 6.04 Å². The Morgan fingerprint density at radius 1 is 1.25 bits per heavy atom. The van der Waals surface area contributed by atoms with E-state index in [1.54, 1.807) is 13.0 Å². The van der Waals surface area contributed by atoms with Crippen molar-refractivity contribution in [3.05, 3.63) is 70.5 Å². The minimum absolute atomic E-state index is 0.0593. The van der Waals surface area contributed by atoms with Gasteiger partial charge in [-0.25, -0.2) is 4.39 Å². The van der Waals surface area contributed by atoms with E-state index in [0.717, 1.165) is 12.8 Å². The number of fused-ring (bicyclic) bond motifs is 1. The third kappa shape index (κ3) is 2.31. The van der Waals surface area contributed by atoms with Crippen LogP contribution in [0, 0.1) is 12.7 Å². The van der Waals surface area contributed by atoms with E-state index in [-0.39, 0.29) is 17.8 Å². The van der Waals surface area contributed by atoms with E-state index < -0.39 is 0 Å². The number of carbonyl (C=O) groups is 1. The van der Waals surface area contributed by atoms with E-state index in [1.807, 2.05) is 12.1 Å². The highest BCUT2D eigenvalue weighted by atomic mass is 19.1. The van der Waals surface area contributed by atoms with Gasteiger partial charge in [0, 0.05) is 5.56 Å². The zero-order valence-corrected chi connectivity index (χ0v) is 11.3. The Kier molecular flexibility index (Phi) is 3.26. The molecule has 0 fully saturated rings. The summed E-state index contributed by atoms with van der Waals surface area (Å²) in [5, 5.41) is 3.04. The molecule has 0 spiro atoms. The number of rotatable bonds is 2. The highest BCUT2D eigenvalue weighted by Gasteiger charge is 2.23. The Bertz CT molecular complexity index is 666. The normalized spacial score (nSPS) is 16.8. The lowest BCUT2D eigenvalue weighted by Gasteiger charge is -2.14. The number of benzene rings is 2. The molecule has 1 amide bonds. The van der Waals surface area contributed by atoms with Gasteiger partial charge in [0.25, 0.3) is 5.91 Å². The molecule has 0 heterocycles. The minimum Gasteiger partial charge on any atom is -0.345 e. The van der Waals surface area contributed by atoms with Crippen LogP contribution in [0.2, 0.25) is 0 Å². The van der Waals surface area contributed by atoms with Crippen molar-refractivity contribution >= 4 is 5.91 Å². The minimum atomic E-state index is -0.284. The number of nitrogens with one attached hydrogen (secondary N) is 1. The second kappa shape index (κ2) is 5.08. The molecule has 3 rings (SSSR count). The Hall–Kier alpha value is -2.16. The van der Waals surface area contributed by atoms with Gasteiger partial charge in [-0.05, 0) is 54.7 Å². The molecular weight excluding hydrogens is 253 g/mol. The number of amides is 1. The van der Waals surface area contributed by atoms with E-state index in [0.29, 0.717) is 11.1 Å². The van der Waals surface area contributed by atoms with E-state index in [9.17, 15) is 9.18 Å². The van der Waals surface area contributed by atoms with Crippen molar-refractivity contribution in [1.82, 2.24) is 5.32 Å². The summed E-state index contributed by atoms with van der Waals surface area (Å²) in [6.45, 7) is 1.66. The van der Waals surface area contributed by atoms with Crippen molar-refractivity contribution in [2.75, 3.05) is 0 Å². The van der Waals surface area contributed by atoms with Crippen LogP contribution in [0.1, 0.15) is 39.5 Å². The molecule has 1 aliphatic carbocycles. The molecule has 20 heavy (non-hydrogen) atoms. The van der Waals surface area contributed by atoms with Crippen molar-refractivity contribution in [2.24, 2.45) is 0 Å². The van der Waals surface area contributed by atoms with E-state index in [1.165, 1.54) is 23.3 Å². The molecule has 1 unspecified atom stereocenters. The quantitative estimate of drug-likeness (QED) is 0.887. The summed E-state index contributed by atoms with van der Waals surface area (Å²) in [5.74, 6) is -0.428. The number of carbonyl (C=O) groups excluding carboxylic acids is 1. The van der Waals surface area contributed by atoms with Gasteiger partial charge in [-0.15, -0.1) is 0 Å². The summed E-state index contributed by atoms with van der Waals surface area (Å²) < 4.78 is 13.2. The molecule has 102 valence electrons. The SMILES string of the molecule is Cc1cc(C(=O)NC2CCc3ccccc32)ccc1F. The molecule has 1 aliphatic rings. The number of halogens is 1. The average molecular weight is 269 g/mol. The molecule has 0 bridgehead atoms. The first-order valence-electron chi connectivity index (χ1n) is 6.80. The fourth-order valence-electron chi connectivity index (χ4n) is 2.73. The zero-order chi connectivity index (χ0) is 14.1. The first kappa shape index (κ1) is 12.9. The van der Waals surface area contributed by atoms with Crippen LogP contribution in [0.15, 0.2) is 42.5 Å². The van der Waals surface area contributed by atoms with Crippen molar-refractivity contribution in [3.8, 4) is 0 Å². The summed E-state index contributed by atoms with van der Waals surface area (Å²) in [5.41, 5.74) is 3.49. The third-order valence-electron chi connectivity index (χ3n) is 3.86. The molecular formula is C17H16FNO. The summed E-state index contributed by atoms with van der Waals surface area (Å²) >= 11 is 0. The Balaban J connectivity index is 1.79. The Morgan fingerprint density at radius 3 is 2.85 bits per heavy atom. The lowest BCUT2D eigenvalue weighted by atomic mass is 10.1. The van der Waals surface area contributed by atoms with E-state index >= 15 is 0 Å². The molecule has 0 saturated carbocycles. The monoisotopic (exact) mass is 269 g/mol. The van der Waals surface area contributed by atoms with Gasteiger partial charge in [0.2, 0.25) is 0 Å². The van der Waals surface area contributed by atoms with Crippen LogP contribution < -0.4 is 5.32 Å². The second-order valence-electron chi connectivity index (χ2n) is 5.23. The van der Waals surface area contributed by atoms with Crippen molar-refractivity contribution in [3.63, 3.8) is 0 Å². The summed E-state index contributed by atoms with van der Waals surface area (Å²) in [6.07, 6.45) is 1.91. The molecule has 2 nitrogen and oxygen atoms in total. The van der Waals surface area contributed by atoms with Crippen molar-refractivity contribution < 1.29 is 9.18 Å². The predicted molar refractivity (Wildman–Crippen MR) is 76.1 cm³/mol. The van der Waals surface area contributed by atoms with Gasteiger partial charge in [0.15, 0.2) is 0 Å². The molecule has 0 radical (unpaired) electrons. The number of aryl methyl sites for hydroxylation is 2. The lowest BCUT2D eigenvalue weighted by Crippen LogP contribution is -2.27. The van der Waals surface area contributed by atoms with Crippen LogP contribution in [0.5, 0.6) is 0 Å². The Labute approximate surface area is 117 Å². The smallest absolute Gasteiger partial charge is 0.251 e. The molecule has 0 saturated heterocycles. The summed E-state index contributed by atoms with van der Waals surface area (Å²) in [4.78, 5) is 12.2. The van der Waals surface area contributed by atoms with Crippen LogP contribution in [0.25, 0.3) is 0 Å². The van der Waals surface area contributed by atoms with Crippen LogP contribution in [-0.2, 0) is 6.42 Å². The summed E-state index contributed by atoms with van der Waals surface area (Å²) in [6, 6.07) is 12.7. The maximum atomic E-state index is 13.2. The molecule has 3 heteroatoms. The number of hydrogen-bond donors (Lipinski definition) is 1. The zero-order valence-electron chi connectivity index (χ0n) is 11.3. The fourth-order valence-corrected chi connectivity index (χ4v) is 2.73. The molecule has 1 N–H and O–H groups in total. The van der Waals surface area contributed by atoms with Crippen molar-refractivity contribution in [2.45, 2.75) is 25.8 Å². The highest BCUT2D eigenvalue weighted by Crippen LogP contribution is 2.30. The van der Waals surface area contributed by atoms with Gasteiger partial charge >= 0.3 is 0 Å². The van der Waals surface area contributed by atoms with Gasteiger partial charge < -0.3 is 5.32 Å². The maximum Gasteiger partial charge on any atom is 0.251 e. The molecule has 1 atom stereocenters. The maximum absolute atomic E-state index is 13.2. The van der Waals surface area contributed by atoms with Crippen LogP contribution in [-0.4, -0.2) is 5.91 Å². The molecule has 2 aromatic rings. The number of hydrogen-bond acceptors (Lipinski definition) is 1. The first-order valence-corrected chi connectivity index (χ1v) is 6.80. The largest absolute Gasteiger partial charge is 0.345 e. The average Bonchev–Trinajstić information content (AvgIpc) is 2.85. The topological polar surface area (TPSA) is 29.1 Å². The fraction of sp³-hybridized carbons (Fsp3) is 0.235. The van der Waals surface area contributed by atoms with Crippen molar-refractivity contribution in [1.29, 1.82) is 0 Å². The van der Waals surface area contributed by atoms with E-state index in [4.69, 9.17) is 0 Å². The van der Waals surface area contributed by atoms with Gasteiger partial charge in [-0.3, -0.25) is 4.79 Å². The molecule has 0 aliphatic heterocycles. The predicted octanol–water partition coefficient (Wildman–Crippen LogP) is 3.55. The van der Waals surface area contributed by atoms with Crippen LogP contribution >= 0.6 is 0 Å². The van der Waals surface area contributed by atoms with Gasteiger partial charge in [0.1, 0.15) is 5.82 Å². The Morgan fingerprint density at radius 2 is 2.05 bits per heavy atom. The standard InChI is InChI=1S/C17H16FNO/c1-11-10-13(6-8-15(11)18)17(20)19-16-9-7-12-4-2-3-5-14(12)16/h2-6,8,10,16H,7,9H2,1H3,(H,19,20). The van der Waals surface area contributed by atoms with Gasteiger partial charge in [-0.1, -0.05) is 24.3 Å². The second-order valence-corrected chi connectivity index (χ2v) is 5.23. The highest BCUT2D eigenvalue weighted by molar-refractivity contribution is 5.94. The van der Waals surface area contributed by atoms with Gasteiger partial charge in [-0.2, -0.15) is 0 Å². The third-order valence-corrected chi connectivity index (χ3v) is 3.86. The lowest BCUT2D eigenvalue weighted by molar-refractivity contribution is 0.0936. The first-order chi connectivity index (χ1) is 9.65. The molecule has 0 aromatic heterocycles. The van der Waals surface area contributed by atoms with Crippen LogP contribution in [0.4, 0.5) is 4.39 Å². The van der Waals surface area contributed by atoms with E-state index in [2.05, 4.69) is 17.4 Å². The summed E-state index contributed by atoms with van der Waals surface area (Å²) in [7, 11) is 0. The molecule has 2 aromatic carbocycles. The van der Waals surface area contributed by atoms with Crippen LogP contribution in [0.3, 0.4) is 0 Å².